The first kappa shape index (κ1) is 19.9. The highest BCUT2D eigenvalue weighted by molar-refractivity contribution is 7.89. The normalized spacial score (nSPS) is 17.1. The lowest BCUT2D eigenvalue weighted by molar-refractivity contribution is 0.322. The number of hydrogen-bond acceptors (Lipinski definition) is 4. The van der Waals surface area contributed by atoms with Gasteiger partial charge in [0.1, 0.15) is 12.4 Å². The Labute approximate surface area is 162 Å². The molecule has 1 heterocycles. The van der Waals surface area contributed by atoms with Crippen molar-refractivity contribution in [2.75, 3.05) is 25.4 Å². The van der Waals surface area contributed by atoms with E-state index in [4.69, 9.17) is 4.74 Å². The molecule has 0 spiro atoms. The van der Waals surface area contributed by atoms with Gasteiger partial charge in [-0.15, -0.1) is 0 Å². The van der Waals surface area contributed by atoms with E-state index in [1.807, 2.05) is 12.1 Å². The van der Waals surface area contributed by atoms with E-state index in [0.29, 0.717) is 6.61 Å². The number of nitrogens with one attached hydrogen (secondary N) is 2. The summed E-state index contributed by atoms with van der Waals surface area (Å²) >= 11 is 0. The minimum atomic E-state index is -3.18. The molecule has 0 radical (unpaired) electrons. The van der Waals surface area contributed by atoms with Gasteiger partial charge in [0.15, 0.2) is 0 Å². The molecule has 2 aromatic rings. The smallest absolute Gasteiger partial charge is 0.211 e. The van der Waals surface area contributed by atoms with Gasteiger partial charge >= 0.3 is 0 Å². The Bertz CT molecular complexity index is 838. The lowest BCUT2D eigenvalue weighted by atomic mass is 9.94. The molecule has 0 aromatic heterocycles. The minimum Gasteiger partial charge on any atom is -0.492 e. The van der Waals surface area contributed by atoms with Gasteiger partial charge < -0.3 is 10.1 Å². The SMILES string of the molecule is CCS(=O)(=O)NCCOc1ccc2c(c1)C(Cc1ccccc1)NCCC2. The van der Waals surface area contributed by atoms with Gasteiger partial charge in [0, 0.05) is 12.6 Å². The van der Waals surface area contributed by atoms with Crippen molar-refractivity contribution in [3.63, 3.8) is 0 Å². The molecule has 0 bridgehead atoms. The van der Waals surface area contributed by atoms with Crippen LogP contribution in [0.15, 0.2) is 48.5 Å². The molecule has 27 heavy (non-hydrogen) atoms. The van der Waals surface area contributed by atoms with Crippen LogP contribution >= 0.6 is 0 Å². The molecule has 0 saturated heterocycles. The lowest BCUT2D eigenvalue weighted by Gasteiger charge is -2.20. The number of ether oxygens (including phenoxy) is 1. The first-order chi connectivity index (χ1) is 13.1. The van der Waals surface area contributed by atoms with E-state index in [0.717, 1.165) is 31.6 Å². The number of hydrogen-bond donors (Lipinski definition) is 2. The molecule has 6 heteroatoms. The third-order valence-corrected chi connectivity index (χ3v) is 6.27. The van der Waals surface area contributed by atoms with Crippen LogP contribution in [0.5, 0.6) is 5.75 Å². The molecular formula is C21H28N2O3S. The van der Waals surface area contributed by atoms with Crippen molar-refractivity contribution in [1.29, 1.82) is 0 Å². The molecule has 2 N–H and O–H groups in total. The van der Waals surface area contributed by atoms with E-state index in [2.05, 4.69) is 46.4 Å². The van der Waals surface area contributed by atoms with Gasteiger partial charge in [-0.2, -0.15) is 0 Å². The van der Waals surface area contributed by atoms with Crippen LogP contribution in [-0.4, -0.2) is 33.9 Å². The molecule has 2 aromatic carbocycles. The summed E-state index contributed by atoms with van der Waals surface area (Å²) in [5.41, 5.74) is 3.95. The van der Waals surface area contributed by atoms with Crippen molar-refractivity contribution < 1.29 is 13.2 Å². The van der Waals surface area contributed by atoms with Gasteiger partial charge in [-0.25, -0.2) is 13.1 Å². The topological polar surface area (TPSA) is 67.4 Å². The maximum Gasteiger partial charge on any atom is 0.211 e. The molecule has 1 atom stereocenters. The standard InChI is InChI=1S/C21H28N2O3S/c1-2-27(24,25)23-13-14-26-19-11-10-18-9-6-12-22-21(20(18)16-19)15-17-7-4-3-5-8-17/h3-5,7-8,10-11,16,21-23H,2,6,9,12-15H2,1H3. The maximum absolute atomic E-state index is 11.5. The molecule has 0 fully saturated rings. The maximum atomic E-state index is 11.5. The van der Waals surface area contributed by atoms with E-state index < -0.39 is 10.0 Å². The molecule has 1 aliphatic rings. The summed E-state index contributed by atoms with van der Waals surface area (Å²) in [5.74, 6) is 0.866. The highest BCUT2D eigenvalue weighted by atomic mass is 32.2. The van der Waals surface area contributed by atoms with Crippen molar-refractivity contribution in [2.45, 2.75) is 32.2 Å². The van der Waals surface area contributed by atoms with Crippen LogP contribution in [0.2, 0.25) is 0 Å². The van der Waals surface area contributed by atoms with E-state index in [1.165, 1.54) is 16.7 Å². The predicted octanol–water partition coefficient (Wildman–Crippen LogP) is 2.82. The summed E-state index contributed by atoms with van der Waals surface area (Å²) in [6, 6.07) is 17.0. The second-order valence-electron chi connectivity index (χ2n) is 6.81. The zero-order chi connectivity index (χ0) is 19.1. The second kappa shape index (κ2) is 9.35. The fraction of sp³-hybridized carbons (Fsp3) is 0.429. The zero-order valence-corrected chi connectivity index (χ0v) is 16.6. The first-order valence-electron chi connectivity index (χ1n) is 9.57. The van der Waals surface area contributed by atoms with Gasteiger partial charge in [-0.1, -0.05) is 36.4 Å². The molecule has 0 amide bonds. The third-order valence-electron chi connectivity index (χ3n) is 4.86. The van der Waals surface area contributed by atoms with Gasteiger partial charge in [0.2, 0.25) is 10.0 Å². The Morgan fingerprint density at radius 3 is 2.78 bits per heavy atom. The Balaban J connectivity index is 1.68. The number of aryl methyl sites for hydroxylation is 1. The Kier molecular flexibility index (Phi) is 6.88. The zero-order valence-electron chi connectivity index (χ0n) is 15.8. The Morgan fingerprint density at radius 1 is 1.19 bits per heavy atom. The van der Waals surface area contributed by atoms with Gasteiger partial charge in [-0.3, -0.25) is 0 Å². The predicted molar refractivity (Wildman–Crippen MR) is 109 cm³/mol. The van der Waals surface area contributed by atoms with E-state index in [-0.39, 0.29) is 18.3 Å². The number of fused-ring (bicyclic) bond motifs is 1. The quantitative estimate of drug-likeness (QED) is 0.683. The third kappa shape index (κ3) is 5.79. The molecule has 5 nitrogen and oxygen atoms in total. The van der Waals surface area contributed by atoms with E-state index >= 15 is 0 Å². The average Bonchev–Trinajstić information content (AvgIpc) is 2.88. The van der Waals surface area contributed by atoms with Crippen molar-refractivity contribution >= 4 is 10.0 Å². The number of rotatable bonds is 8. The molecule has 3 rings (SSSR count). The summed E-state index contributed by atoms with van der Waals surface area (Å²) in [7, 11) is -3.18. The van der Waals surface area contributed by atoms with Crippen molar-refractivity contribution in [3.05, 3.63) is 65.2 Å². The van der Waals surface area contributed by atoms with Crippen LogP contribution in [0, 0.1) is 0 Å². The largest absolute Gasteiger partial charge is 0.492 e. The fourth-order valence-corrected chi connectivity index (χ4v) is 3.98. The first-order valence-corrected chi connectivity index (χ1v) is 11.2. The molecule has 1 unspecified atom stereocenters. The molecular weight excluding hydrogens is 360 g/mol. The van der Waals surface area contributed by atoms with Gasteiger partial charge in [0.25, 0.3) is 0 Å². The van der Waals surface area contributed by atoms with E-state index in [1.54, 1.807) is 6.92 Å². The van der Waals surface area contributed by atoms with Crippen molar-refractivity contribution in [1.82, 2.24) is 10.0 Å². The van der Waals surface area contributed by atoms with Crippen LogP contribution in [-0.2, 0) is 22.9 Å². The van der Waals surface area contributed by atoms with Gasteiger partial charge in [0.05, 0.1) is 5.75 Å². The summed E-state index contributed by atoms with van der Waals surface area (Å²) in [5, 5.41) is 3.66. The van der Waals surface area contributed by atoms with Crippen LogP contribution < -0.4 is 14.8 Å². The fourth-order valence-electron chi connectivity index (χ4n) is 3.38. The van der Waals surface area contributed by atoms with Crippen LogP contribution in [0.25, 0.3) is 0 Å². The van der Waals surface area contributed by atoms with Gasteiger partial charge in [-0.05, 0) is 61.6 Å². The van der Waals surface area contributed by atoms with E-state index in [9.17, 15) is 8.42 Å². The summed E-state index contributed by atoms with van der Waals surface area (Å²) in [4.78, 5) is 0. The highest BCUT2D eigenvalue weighted by Gasteiger charge is 2.19. The molecule has 146 valence electrons. The number of sulfonamides is 1. The summed E-state index contributed by atoms with van der Waals surface area (Å²) < 4.78 is 31.3. The molecule has 0 saturated carbocycles. The van der Waals surface area contributed by atoms with Crippen LogP contribution in [0.4, 0.5) is 0 Å². The second-order valence-corrected chi connectivity index (χ2v) is 8.90. The average molecular weight is 389 g/mol. The highest BCUT2D eigenvalue weighted by Crippen LogP contribution is 2.29. The number of benzene rings is 2. The van der Waals surface area contributed by atoms with Crippen molar-refractivity contribution in [2.24, 2.45) is 0 Å². The monoisotopic (exact) mass is 388 g/mol. The van der Waals surface area contributed by atoms with Crippen LogP contribution in [0.1, 0.15) is 36.1 Å². The Hall–Kier alpha value is -1.89. The summed E-state index contributed by atoms with van der Waals surface area (Å²) in [6.45, 7) is 3.21. The molecule has 1 aliphatic heterocycles. The lowest BCUT2D eigenvalue weighted by Crippen LogP contribution is -2.29. The Morgan fingerprint density at radius 2 is 2.00 bits per heavy atom. The summed E-state index contributed by atoms with van der Waals surface area (Å²) in [6.07, 6.45) is 3.12. The molecule has 0 aliphatic carbocycles. The van der Waals surface area contributed by atoms with Crippen LogP contribution in [0.3, 0.4) is 0 Å². The van der Waals surface area contributed by atoms with Crippen molar-refractivity contribution in [3.8, 4) is 5.75 Å². The minimum absolute atomic E-state index is 0.0820.